The van der Waals surface area contributed by atoms with Gasteiger partial charge in [-0.3, -0.25) is 4.79 Å². The Morgan fingerprint density at radius 3 is 2.18 bits per heavy atom. The van der Waals surface area contributed by atoms with Crippen molar-refractivity contribution in [2.24, 2.45) is 11.8 Å². The SMILES string of the molecule is CCCCCCC1CCC(c2ccc(C3(C(=O)O)CCC(C)CC3)cc2)CC1. The monoisotopic (exact) mass is 384 g/mol. The smallest absolute Gasteiger partial charge is 0.314 e. The molecule has 1 N–H and O–H groups in total. The van der Waals surface area contributed by atoms with E-state index in [1.165, 1.54) is 63.4 Å². The van der Waals surface area contributed by atoms with Gasteiger partial charge in [0.25, 0.3) is 0 Å². The van der Waals surface area contributed by atoms with Crippen LogP contribution in [-0.4, -0.2) is 11.1 Å². The zero-order chi connectivity index (χ0) is 20.0. The number of benzene rings is 1. The highest BCUT2D eigenvalue weighted by atomic mass is 16.4. The third-order valence-electron chi connectivity index (χ3n) is 7.78. The Hall–Kier alpha value is -1.31. The van der Waals surface area contributed by atoms with Gasteiger partial charge in [-0.25, -0.2) is 0 Å². The number of carboxylic acid groups (broad SMARTS) is 1. The van der Waals surface area contributed by atoms with E-state index in [2.05, 4.69) is 38.1 Å². The summed E-state index contributed by atoms with van der Waals surface area (Å²) in [4.78, 5) is 12.1. The maximum Gasteiger partial charge on any atom is 0.314 e. The van der Waals surface area contributed by atoms with Crippen molar-refractivity contribution < 1.29 is 9.90 Å². The molecule has 0 bridgehead atoms. The fourth-order valence-electron chi connectivity index (χ4n) is 5.60. The van der Waals surface area contributed by atoms with Gasteiger partial charge in [-0.1, -0.05) is 70.2 Å². The second-order valence-electron chi connectivity index (χ2n) is 9.76. The molecule has 0 unspecified atom stereocenters. The first-order valence-electron chi connectivity index (χ1n) is 11.9. The minimum Gasteiger partial charge on any atom is -0.481 e. The van der Waals surface area contributed by atoms with E-state index < -0.39 is 11.4 Å². The molecule has 2 heteroatoms. The topological polar surface area (TPSA) is 37.3 Å². The second-order valence-corrected chi connectivity index (χ2v) is 9.76. The van der Waals surface area contributed by atoms with Crippen molar-refractivity contribution in [3.05, 3.63) is 35.4 Å². The molecule has 1 aromatic carbocycles. The Balaban J connectivity index is 1.57. The molecular formula is C26H40O2. The normalized spacial score (nSPS) is 30.9. The van der Waals surface area contributed by atoms with E-state index in [0.29, 0.717) is 11.8 Å². The quantitative estimate of drug-likeness (QED) is 0.472. The van der Waals surface area contributed by atoms with Gasteiger partial charge < -0.3 is 5.11 Å². The lowest BCUT2D eigenvalue weighted by atomic mass is 9.66. The summed E-state index contributed by atoms with van der Waals surface area (Å²) in [5.74, 6) is 1.64. The number of carboxylic acids is 1. The minimum atomic E-state index is -0.652. The molecule has 0 atom stereocenters. The van der Waals surface area contributed by atoms with Crippen LogP contribution in [0.5, 0.6) is 0 Å². The van der Waals surface area contributed by atoms with Crippen LogP contribution in [0.3, 0.4) is 0 Å². The van der Waals surface area contributed by atoms with Crippen LogP contribution in [0.2, 0.25) is 0 Å². The van der Waals surface area contributed by atoms with Gasteiger partial charge in [0, 0.05) is 0 Å². The molecule has 0 radical (unpaired) electrons. The van der Waals surface area contributed by atoms with Gasteiger partial charge in [0.1, 0.15) is 0 Å². The summed E-state index contributed by atoms with van der Waals surface area (Å²) in [7, 11) is 0. The molecule has 0 aromatic heterocycles. The summed E-state index contributed by atoms with van der Waals surface area (Å²) < 4.78 is 0. The van der Waals surface area contributed by atoms with Gasteiger partial charge in [0.05, 0.1) is 5.41 Å². The molecule has 2 aliphatic rings. The van der Waals surface area contributed by atoms with Crippen molar-refractivity contribution >= 4 is 5.97 Å². The molecular weight excluding hydrogens is 344 g/mol. The number of aliphatic carboxylic acids is 1. The van der Waals surface area contributed by atoms with E-state index in [0.717, 1.165) is 37.2 Å². The van der Waals surface area contributed by atoms with Crippen molar-refractivity contribution in [3.63, 3.8) is 0 Å². The number of rotatable bonds is 8. The van der Waals surface area contributed by atoms with Gasteiger partial charge >= 0.3 is 5.97 Å². The van der Waals surface area contributed by atoms with Gasteiger partial charge in [0.2, 0.25) is 0 Å². The first kappa shape index (κ1) is 21.4. The molecule has 2 nitrogen and oxygen atoms in total. The Morgan fingerprint density at radius 2 is 1.61 bits per heavy atom. The molecule has 3 rings (SSSR count). The van der Waals surface area contributed by atoms with Gasteiger partial charge in [0.15, 0.2) is 0 Å². The van der Waals surface area contributed by atoms with Crippen LogP contribution in [0.4, 0.5) is 0 Å². The average Bonchev–Trinajstić information content (AvgIpc) is 2.72. The molecule has 0 heterocycles. The van der Waals surface area contributed by atoms with Gasteiger partial charge in [-0.05, 0) is 80.2 Å². The summed E-state index contributed by atoms with van der Waals surface area (Å²) in [5.41, 5.74) is 1.81. The summed E-state index contributed by atoms with van der Waals surface area (Å²) >= 11 is 0. The lowest BCUT2D eigenvalue weighted by molar-refractivity contribution is -0.145. The Bertz CT molecular complexity index is 602. The van der Waals surface area contributed by atoms with E-state index in [9.17, 15) is 9.90 Å². The first-order chi connectivity index (χ1) is 13.5. The van der Waals surface area contributed by atoms with Gasteiger partial charge in [-0.2, -0.15) is 0 Å². The molecule has 1 aromatic rings. The van der Waals surface area contributed by atoms with Crippen LogP contribution in [0.25, 0.3) is 0 Å². The number of hydrogen-bond donors (Lipinski definition) is 1. The Labute approximate surface area is 172 Å². The summed E-state index contributed by atoms with van der Waals surface area (Å²) in [6, 6.07) is 8.75. The standard InChI is InChI=1S/C26H40O2/c1-3-4-5-6-7-21-8-10-22(11-9-21)23-12-14-24(15-13-23)26(25(27)28)18-16-20(2)17-19-26/h12-15,20-22H,3-11,16-19H2,1-2H3,(H,27,28). The highest BCUT2D eigenvalue weighted by Gasteiger charge is 2.42. The van der Waals surface area contributed by atoms with Crippen LogP contribution >= 0.6 is 0 Å². The fourth-order valence-corrected chi connectivity index (χ4v) is 5.60. The molecule has 0 amide bonds. The highest BCUT2D eigenvalue weighted by molar-refractivity contribution is 5.81. The molecule has 0 saturated heterocycles. The summed E-state index contributed by atoms with van der Waals surface area (Å²) in [6.45, 7) is 4.53. The zero-order valence-corrected chi connectivity index (χ0v) is 18.1. The molecule has 2 saturated carbocycles. The minimum absolute atomic E-state index is 0.629. The summed E-state index contributed by atoms with van der Waals surface area (Å²) in [6.07, 6.45) is 15.9. The molecule has 2 fully saturated rings. The number of carbonyl (C=O) groups is 1. The molecule has 156 valence electrons. The predicted octanol–water partition coefficient (Wildman–Crippen LogP) is 7.46. The maximum absolute atomic E-state index is 12.1. The lowest BCUT2D eigenvalue weighted by Gasteiger charge is -2.36. The van der Waals surface area contributed by atoms with E-state index >= 15 is 0 Å². The molecule has 0 aliphatic heterocycles. The van der Waals surface area contributed by atoms with Crippen LogP contribution in [-0.2, 0) is 10.2 Å². The third kappa shape index (κ3) is 4.99. The van der Waals surface area contributed by atoms with Crippen molar-refractivity contribution in [1.82, 2.24) is 0 Å². The van der Waals surface area contributed by atoms with Gasteiger partial charge in [-0.15, -0.1) is 0 Å². The van der Waals surface area contributed by atoms with E-state index in [-0.39, 0.29) is 0 Å². The highest BCUT2D eigenvalue weighted by Crippen LogP contribution is 2.43. The number of unbranched alkanes of at least 4 members (excludes halogenated alkanes) is 3. The van der Waals surface area contributed by atoms with Crippen LogP contribution in [0.15, 0.2) is 24.3 Å². The van der Waals surface area contributed by atoms with E-state index in [4.69, 9.17) is 0 Å². The van der Waals surface area contributed by atoms with Crippen molar-refractivity contribution in [1.29, 1.82) is 0 Å². The maximum atomic E-state index is 12.1. The van der Waals surface area contributed by atoms with Crippen LogP contribution < -0.4 is 0 Å². The Morgan fingerprint density at radius 1 is 0.964 bits per heavy atom. The average molecular weight is 385 g/mol. The third-order valence-corrected chi connectivity index (χ3v) is 7.78. The largest absolute Gasteiger partial charge is 0.481 e. The molecule has 0 spiro atoms. The predicted molar refractivity (Wildman–Crippen MR) is 117 cm³/mol. The summed E-state index contributed by atoms with van der Waals surface area (Å²) in [5, 5.41) is 9.98. The van der Waals surface area contributed by atoms with Crippen LogP contribution in [0, 0.1) is 11.8 Å². The zero-order valence-electron chi connectivity index (χ0n) is 18.1. The van der Waals surface area contributed by atoms with Crippen LogP contribution in [0.1, 0.15) is 114 Å². The Kier molecular flexibility index (Phi) is 7.60. The fraction of sp³-hybridized carbons (Fsp3) is 0.731. The second kappa shape index (κ2) is 9.94. The number of hydrogen-bond acceptors (Lipinski definition) is 1. The van der Waals surface area contributed by atoms with Crippen molar-refractivity contribution in [2.45, 2.75) is 109 Å². The lowest BCUT2D eigenvalue weighted by Crippen LogP contribution is -2.39. The first-order valence-corrected chi connectivity index (χ1v) is 11.9. The van der Waals surface area contributed by atoms with E-state index in [1.807, 2.05) is 0 Å². The van der Waals surface area contributed by atoms with Crippen molar-refractivity contribution in [2.75, 3.05) is 0 Å². The molecule has 2 aliphatic carbocycles. The van der Waals surface area contributed by atoms with Crippen molar-refractivity contribution in [3.8, 4) is 0 Å². The molecule has 28 heavy (non-hydrogen) atoms. The van der Waals surface area contributed by atoms with E-state index in [1.54, 1.807) is 0 Å².